The Morgan fingerprint density at radius 3 is 2.46 bits per heavy atom. The Morgan fingerprint density at radius 1 is 1.07 bits per heavy atom. The van der Waals surface area contributed by atoms with Gasteiger partial charge in [0.05, 0.1) is 10.6 Å². The summed E-state index contributed by atoms with van der Waals surface area (Å²) in [7, 11) is 0. The van der Waals surface area contributed by atoms with Gasteiger partial charge in [0, 0.05) is 11.6 Å². The molecule has 1 amide bonds. The zero-order valence-corrected chi connectivity index (χ0v) is 17.2. The van der Waals surface area contributed by atoms with Crippen molar-refractivity contribution >= 4 is 51.1 Å². The summed E-state index contributed by atoms with van der Waals surface area (Å²) in [5.74, 6) is 0.411. The van der Waals surface area contributed by atoms with Crippen LogP contribution in [0, 0.1) is 0 Å². The number of aliphatic imine (C=N–C) groups is 1. The summed E-state index contributed by atoms with van der Waals surface area (Å²) in [6.45, 7) is 4.34. The van der Waals surface area contributed by atoms with E-state index in [2.05, 4.69) is 48.1 Å². The summed E-state index contributed by atoms with van der Waals surface area (Å²) in [5.41, 5.74) is 3.09. The number of amidine groups is 1. The first-order valence-electron chi connectivity index (χ1n) is 8.99. The lowest BCUT2D eigenvalue weighted by atomic mass is 10.0. The van der Waals surface area contributed by atoms with Gasteiger partial charge in [-0.1, -0.05) is 56.3 Å². The molecule has 4 nitrogen and oxygen atoms in total. The van der Waals surface area contributed by atoms with Crippen molar-refractivity contribution in [3.63, 3.8) is 0 Å². The molecule has 0 spiro atoms. The van der Waals surface area contributed by atoms with Crippen LogP contribution >= 0.6 is 23.1 Å². The lowest BCUT2D eigenvalue weighted by Crippen LogP contribution is -2.28. The molecule has 1 saturated heterocycles. The smallest absolute Gasteiger partial charge is 0.268 e. The molecule has 1 aliphatic rings. The maximum atomic E-state index is 13.2. The Morgan fingerprint density at radius 2 is 1.82 bits per heavy atom. The summed E-state index contributed by atoms with van der Waals surface area (Å²) >= 11 is 2.83. The van der Waals surface area contributed by atoms with Crippen LogP contribution in [0.4, 0.5) is 10.8 Å². The first kappa shape index (κ1) is 18.7. The van der Waals surface area contributed by atoms with Crippen LogP contribution in [0.3, 0.4) is 0 Å². The van der Waals surface area contributed by atoms with Crippen molar-refractivity contribution in [1.29, 1.82) is 0 Å². The van der Waals surface area contributed by atoms with Crippen LogP contribution in [0.2, 0.25) is 0 Å². The zero-order valence-electron chi connectivity index (χ0n) is 15.6. The quantitative estimate of drug-likeness (QED) is 0.495. The minimum Gasteiger partial charge on any atom is -0.268 e. The van der Waals surface area contributed by atoms with E-state index in [4.69, 9.17) is 0 Å². The van der Waals surface area contributed by atoms with Gasteiger partial charge in [-0.05, 0) is 47.0 Å². The molecular formula is C22H19N3OS2. The van der Waals surface area contributed by atoms with Crippen LogP contribution in [0.25, 0.3) is 6.08 Å². The topological polar surface area (TPSA) is 45.6 Å². The Kier molecular flexibility index (Phi) is 5.41. The van der Waals surface area contributed by atoms with Crippen molar-refractivity contribution < 1.29 is 4.79 Å². The SMILES string of the molecule is CC(C)c1ccc(/C=C2\S/C(=N/c3nccs3)N(c3ccccc3)C2=O)cc1. The second kappa shape index (κ2) is 8.12. The van der Waals surface area contributed by atoms with Crippen LogP contribution < -0.4 is 4.90 Å². The average Bonchev–Trinajstić information content (AvgIpc) is 3.31. The second-order valence-corrected chi connectivity index (χ2v) is 8.50. The maximum Gasteiger partial charge on any atom is 0.271 e. The Balaban J connectivity index is 1.71. The van der Waals surface area contributed by atoms with Gasteiger partial charge in [-0.25, -0.2) is 4.98 Å². The van der Waals surface area contributed by atoms with Gasteiger partial charge in [0.25, 0.3) is 5.91 Å². The van der Waals surface area contributed by atoms with E-state index in [1.807, 2.05) is 41.8 Å². The number of aromatic nitrogens is 1. The minimum absolute atomic E-state index is 0.0700. The number of rotatable bonds is 4. The number of amides is 1. The number of thioether (sulfide) groups is 1. The van der Waals surface area contributed by atoms with Crippen molar-refractivity contribution in [2.75, 3.05) is 4.90 Å². The van der Waals surface area contributed by atoms with E-state index in [0.717, 1.165) is 11.3 Å². The fourth-order valence-corrected chi connectivity index (χ4v) is 4.38. The van der Waals surface area contributed by atoms with E-state index in [0.29, 0.717) is 21.1 Å². The molecule has 0 atom stereocenters. The van der Waals surface area contributed by atoms with E-state index in [9.17, 15) is 4.79 Å². The number of thiazole rings is 1. The number of nitrogens with zero attached hydrogens (tertiary/aromatic N) is 3. The van der Waals surface area contributed by atoms with Crippen LogP contribution in [0.1, 0.15) is 30.9 Å². The number of hydrogen-bond acceptors (Lipinski definition) is 5. The highest BCUT2D eigenvalue weighted by Gasteiger charge is 2.34. The molecule has 28 heavy (non-hydrogen) atoms. The Bertz CT molecular complexity index is 1020. The maximum absolute atomic E-state index is 13.2. The highest BCUT2D eigenvalue weighted by Crippen LogP contribution is 2.37. The van der Waals surface area contributed by atoms with Gasteiger partial charge in [-0.15, -0.1) is 11.3 Å². The lowest BCUT2D eigenvalue weighted by Gasteiger charge is -2.14. The van der Waals surface area contributed by atoms with Crippen molar-refractivity contribution in [3.8, 4) is 0 Å². The van der Waals surface area contributed by atoms with Crippen molar-refractivity contribution in [2.45, 2.75) is 19.8 Å². The lowest BCUT2D eigenvalue weighted by molar-refractivity contribution is -0.113. The molecular weight excluding hydrogens is 386 g/mol. The van der Waals surface area contributed by atoms with Crippen LogP contribution in [0.5, 0.6) is 0 Å². The molecule has 1 fully saturated rings. The predicted molar refractivity (Wildman–Crippen MR) is 119 cm³/mol. The summed E-state index contributed by atoms with van der Waals surface area (Å²) in [5, 5.41) is 3.13. The number of para-hydroxylation sites is 1. The van der Waals surface area contributed by atoms with E-state index < -0.39 is 0 Å². The molecule has 0 N–H and O–H groups in total. The number of carbonyl (C=O) groups excluding carboxylic acids is 1. The van der Waals surface area contributed by atoms with Gasteiger partial charge in [0.2, 0.25) is 5.13 Å². The molecule has 2 aromatic carbocycles. The molecule has 0 radical (unpaired) electrons. The summed E-state index contributed by atoms with van der Waals surface area (Å²) < 4.78 is 0. The number of carbonyl (C=O) groups is 1. The molecule has 0 bridgehead atoms. The summed E-state index contributed by atoms with van der Waals surface area (Å²) in [6.07, 6.45) is 3.64. The number of anilines is 1. The third-order valence-electron chi connectivity index (χ3n) is 4.33. The molecule has 0 unspecified atom stereocenters. The highest BCUT2D eigenvalue weighted by atomic mass is 32.2. The normalized spacial score (nSPS) is 17.2. The minimum atomic E-state index is -0.0700. The van der Waals surface area contributed by atoms with Crippen LogP contribution in [0.15, 0.2) is 76.1 Å². The van der Waals surface area contributed by atoms with Crippen LogP contribution in [-0.2, 0) is 4.79 Å². The second-order valence-electron chi connectivity index (χ2n) is 6.62. The molecule has 2 heterocycles. The van der Waals surface area contributed by atoms with Crippen LogP contribution in [-0.4, -0.2) is 16.1 Å². The predicted octanol–water partition coefficient (Wildman–Crippen LogP) is 6.08. The van der Waals surface area contributed by atoms with E-state index >= 15 is 0 Å². The number of hydrogen-bond donors (Lipinski definition) is 0. The van der Waals surface area contributed by atoms with Crippen molar-refractivity contribution in [3.05, 3.63) is 82.2 Å². The van der Waals surface area contributed by atoms with Gasteiger partial charge < -0.3 is 0 Å². The molecule has 4 rings (SSSR count). The van der Waals surface area contributed by atoms with Crippen molar-refractivity contribution in [2.24, 2.45) is 4.99 Å². The zero-order chi connectivity index (χ0) is 19.5. The van der Waals surface area contributed by atoms with Gasteiger partial charge in [0.15, 0.2) is 5.17 Å². The standard InChI is InChI=1S/C22H19N3OS2/c1-15(2)17-10-8-16(9-11-17)14-19-20(26)25(18-6-4-3-5-7-18)22(28-19)24-21-23-12-13-27-21/h3-15H,1-2H3/b19-14-,24-22+. The largest absolute Gasteiger partial charge is 0.271 e. The third-order valence-corrected chi connectivity index (χ3v) is 5.97. The molecule has 1 aromatic heterocycles. The molecule has 0 aliphatic carbocycles. The van der Waals surface area contributed by atoms with E-state index in [1.54, 1.807) is 11.1 Å². The van der Waals surface area contributed by atoms with Crippen molar-refractivity contribution in [1.82, 2.24) is 4.98 Å². The fraction of sp³-hybridized carbons (Fsp3) is 0.136. The average molecular weight is 406 g/mol. The number of benzene rings is 2. The highest BCUT2D eigenvalue weighted by molar-refractivity contribution is 8.19. The molecule has 3 aromatic rings. The van der Waals surface area contributed by atoms with Gasteiger partial charge >= 0.3 is 0 Å². The third kappa shape index (κ3) is 3.93. The molecule has 1 aliphatic heterocycles. The van der Waals surface area contributed by atoms with Gasteiger partial charge in [-0.3, -0.25) is 9.69 Å². The van der Waals surface area contributed by atoms with Gasteiger partial charge in [0.1, 0.15) is 0 Å². The van der Waals surface area contributed by atoms with E-state index in [1.165, 1.54) is 28.7 Å². The monoisotopic (exact) mass is 405 g/mol. The van der Waals surface area contributed by atoms with Gasteiger partial charge in [-0.2, -0.15) is 4.99 Å². The summed E-state index contributed by atoms with van der Waals surface area (Å²) in [4.78, 5) is 24.3. The van der Waals surface area contributed by atoms with E-state index in [-0.39, 0.29) is 5.91 Å². The molecule has 0 saturated carbocycles. The molecule has 6 heteroatoms. The Labute approximate surface area is 172 Å². The summed E-state index contributed by atoms with van der Waals surface area (Å²) in [6, 6.07) is 17.9. The first-order valence-corrected chi connectivity index (χ1v) is 10.7. The molecule has 140 valence electrons. The first-order chi connectivity index (χ1) is 13.6. The fourth-order valence-electron chi connectivity index (χ4n) is 2.83. The Hall–Kier alpha value is -2.70.